The Balaban J connectivity index is 2.20. The number of methoxy groups -OCH3 is 1. The topological polar surface area (TPSA) is 85.9 Å². The number of benzene rings is 1. The van der Waals surface area contributed by atoms with E-state index in [1.54, 1.807) is 18.2 Å². The fourth-order valence-corrected chi connectivity index (χ4v) is 1.93. The largest absolute Gasteiger partial charge is 0.467 e. The molecule has 0 spiro atoms. The predicted octanol–water partition coefficient (Wildman–Crippen LogP) is 1.79. The van der Waals surface area contributed by atoms with Crippen LogP contribution >= 0.6 is 0 Å². The Morgan fingerprint density at radius 2 is 2.05 bits per heavy atom. The first-order chi connectivity index (χ1) is 9.19. The number of rotatable bonds is 4. The second kappa shape index (κ2) is 5.41. The van der Waals surface area contributed by atoms with Gasteiger partial charge in [-0.15, -0.1) is 0 Å². The van der Waals surface area contributed by atoms with Gasteiger partial charge in [0.15, 0.2) is 0 Å². The van der Waals surface area contributed by atoms with Crippen molar-refractivity contribution in [2.75, 3.05) is 12.4 Å². The summed E-state index contributed by atoms with van der Waals surface area (Å²) in [5.74, 6) is -0.0148. The third-order valence-corrected chi connectivity index (χ3v) is 3.13. The van der Waals surface area contributed by atoms with Gasteiger partial charge >= 0.3 is 5.97 Å². The lowest BCUT2D eigenvalue weighted by Crippen LogP contribution is -2.32. The molecule has 1 fully saturated rings. The van der Waals surface area contributed by atoms with Gasteiger partial charge in [-0.25, -0.2) is 4.79 Å². The number of nitrogens with zero attached hydrogens (tertiary/aromatic N) is 2. The molecule has 1 unspecified atom stereocenters. The highest BCUT2D eigenvalue weighted by molar-refractivity contribution is 5.80. The maximum atomic E-state index is 11.7. The highest BCUT2D eigenvalue weighted by atomic mass is 16.5. The van der Waals surface area contributed by atoms with Crippen molar-refractivity contribution in [2.45, 2.75) is 18.9 Å². The van der Waals surface area contributed by atoms with Gasteiger partial charge in [0.1, 0.15) is 18.2 Å². The minimum atomic E-state index is -0.385. The summed E-state index contributed by atoms with van der Waals surface area (Å²) in [6.07, 6.45) is 1.99. The smallest absolute Gasteiger partial charge is 0.328 e. The molecule has 0 radical (unpaired) electrons. The molecule has 1 aliphatic rings. The third kappa shape index (κ3) is 2.83. The quantitative estimate of drug-likeness (QED) is 0.829. The van der Waals surface area contributed by atoms with Crippen LogP contribution in [0.3, 0.4) is 0 Å². The Labute approximate surface area is 111 Å². The van der Waals surface area contributed by atoms with Gasteiger partial charge in [-0.2, -0.15) is 10.5 Å². The van der Waals surface area contributed by atoms with E-state index < -0.39 is 0 Å². The summed E-state index contributed by atoms with van der Waals surface area (Å²) < 4.78 is 4.77. The predicted molar refractivity (Wildman–Crippen MR) is 68.0 cm³/mol. The molecule has 1 saturated carbocycles. The number of nitriles is 2. The first kappa shape index (κ1) is 12.9. The van der Waals surface area contributed by atoms with Crippen molar-refractivity contribution >= 4 is 11.7 Å². The molecule has 1 aromatic rings. The molecule has 1 aromatic carbocycles. The summed E-state index contributed by atoms with van der Waals surface area (Å²) >= 11 is 0. The zero-order valence-electron chi connectivity index (χ0n) is 10.5. The summed E-state index contributed by atoms with van der Waals surface area (Å²) in [6.45, 7) is 0. The van der Waals surface area contributed by atoms with Gasteiger partial charge in [0.2, 0.25) is 0 Å². The Morgan fingerprint density at radius 1 is 1.37 bits per heavy atom. The van der Waals surface area contributed by atoms with Crippen molar-refractivity contribution in [3.63, 3.8) is 0 Å². The van der Waals surface area contributed by atoms with Crippen molar-refractivity contribution in [3.8, 4) is 12.1 Å². The van der Waals surface area contributed by atoms with Crippen molar-refractivity contribution in [1.29, 1.82) is 10.5 Å². The van der Waals surface area contributed by atoms with E-state index in [0.29, 0.717) is 16.8 Å². The molecule has 0 aliphatic heterocycles. The molecule has 5 heteroatoms. The standard InChI is InChI=1S/C14H13N3O2/c1-19-14(18)13(9-2-3-9)17-12-5-4-10(7-15)11(6-12)8-16/h4-6,9,13,17H,2-3H2,1H3. The van der Waals surface area contributed by atoms with Crippen molar-refractivity contribution in [2.24, 2.45) is 5.92 Å². The monoisotopic (exact) mass is 255 g/mol. The lowest BCUT2D eigenvalue weighted by atomic mass is 10.1. The summed E-state index contributed by atoms with van der Waals surface area (Å²) in [4.78, 5) is 11.7. The second-order valence-electron chi connectivity index (χ2n) is 4.47. The number of carbonyl (C=O) groups excluding carboxylic acids is 1. The van der Waals surface area contributed by atoms with E-state index in [9.17, 15) is 4.79 Å². The number of nitrogens with one attached hydrogen (secondary N) is 1. The summed E-state index contributed by atoms with van der Waals surface area (Å²) in [6, 6.07) is 8.38. The second-order valence-corrected chi connectivity index (χ2v) is 4.47. The lowest BCUT2D eigenvalue weighted by Gasteiger charge is -2.17. The van der Waals surface area contributed by atoms with E-state index in [4.69, 9.17) is 15.3 Å². The van der Waals surface area contributed by atoms with Crippen LogP contribution in [0, 0.1) is 28.6 Å². The Morgan fingerprint density at radius 3 is 2.58 bits per heavy atom. The van der Waals surface area contributed by atoms with E-state index in [-0.39, 0.29) is 17.9 Å². The van der Waals surface area contributed by atoms with Crippen LogP contribution in [0.25, 0.3) is 0 Å². The minimum absolute atomic E-state index is 0.286. The van der Waals surface area contributed by atoms with Crippen molar-refractivity contribution in [1.82, 2.24) is 0 Å². The van der Waals surface area contributed by atoms with Crippen molar-refractivity contribution in [3.05, 3.63) is 29.3 Å². The number of hydrogen-bond donors (Lipinski definition) is 1. The van der Waals surface area contributed by atoms with E-state index in [2.05, 4.69) is 5.32 Å². The average molecular weight is 255 g/mol. The van der Waals surface area contributed by atoms with Crippen LogP contribution in [0.2, 0.25) is 0 Å². The van der Waals surface area contributed by atoms with Gasteiger partial charge in [-0.05, 0) is 37.0 Å². The van der Waals surface area contributed by atoms with Gasteiger partial charge in [0, 0.05) is 5.69 Å². The van der Waals surface area contributed by atoms with Gasteiger partial charge < -0.3 is 10.1 Å². The van der Waals surface area contributed by atoms with Crippen LogP contribution in [0.5, 0.6) is 0 Å². The normalized spacial score (nSPS) is 14.9. The molecular formula is C14H13N3O2. The van der Waals surface area contributed by atoms with Crippen LogP contribution in [0.1, 0.15) is 24.0 Å². The molecular weight excluding hydrogens is 242 g/mol. The van der Waals surface area contributed by atoms with Gasteiger partial charge in [0.05, 0.1) is 18.2 Å². The van der Waals surface area contributed by atoms with E-state index in [0.717, 1.165) is 12.8 Å². The fourth-order valence-electron chi connectivity index (χ4n) is 1.93. The fraction of sp³-hybridized carbons (Fsp3) is 0.357. The molecule has 0 amide bonds. The highest BCUT2D eigenvalue weighted by Gasteiger charge is 2.37. The van der Waals surface area contributed by atoms with E-state index in [1.807, 2.05) is 12.1 Å². The van der Waals surface area contributed by atoms with Crippen molar-refractivity contribution < 1.29 is 9.53 Å². The lowest BCUT2D eigenvalue weighted by molar-refractivity contribution is -0.142. The minimum Gasteiger partial charge on any atom is -0.467 e. The van der Waals surface area contributed by atoms with Gasteiger partial charge in [-0.1, -0.05) is 0 Å². The summed E-state index contributed by atoms with van der Waals surface area (Å²) in [7, 11) is 1.36. The molecule has 1 atom stereocenters. The molecule has 96 valence electrons. The highest BCUT2D eigenvalue weighted by Crippen LogP contribution is 2.35. The van der Waals surface area contributed by atoms with E-state index in [1.165, 1.54) is 7.11 Å². The Hall–Kier alpha value is -2.53. The van der Waals surface area contributed by atoms with Gasteiger partial charge in [0.25, 0.3) is 0 Å². The Kier molecular flexibility index (Phi) is 3.68. The first-order valence-electron chi connectivity index (χ1n) is 5.98. The average Bonchev–Trinajstić information content (AvgIpc) is 3.28. The molecule has 19 heavy (non-hydrogen) atoms. The molecule has 0 aromatic heterocycles. The van der Waals surface area contributed by atoms with Crippen LogP contribution in [-0.4, -0.2) is 19.1 Å². The number of carbonyl (C=O) groups is 1. The number of hydrogen-bond acceptors (Lipinski definition) is 5. The number of esters is 1. The molecule has 5 nitrogen and oxygen atoms in total. The summed E-state index contributed by atoms with van der Waals surface area (Å²) in [5.41, 5.74) is 1.28. The number of anilines is 1. The molecule has 2 rings (SSSR count). The SMILES string of the molecule is COC(=O)C(Nc1ccc(C#N)c(C#N)c1)C1CC1. The third-order valence-electron chi connectivity index (χ3n) is 3.13. The summed E-state index contributed by atoms with van der Waals surface area (Å²) in [5, 5.41) is 20.9. The molecule has 1 N–H and O–H groups in total. The maximum Gasteiger partial charge on any atom is 0.328 e. The molecule has 0 heterocycles. The van der Waals surface area contributed by atoms with Crippen LogP contribution in [0.15, 0.2) is 18.2 Å². The van der Waals surface area contributed by atoms with Crippen LogP contribution in [0.4, 0.5) is 5.69 Å². The van der Waals surface area contributed by atoms with Gasteiger partial charge in [-0.3, -0.25) is 0 Å². The zero-order valence-corrected chi connectivity index (χ0v) is 10.5. The molecule has 1 aliphatic carbocycles. The van der Waals surface area contributed by atoms with Crippen LogP contribution in [-0.2, 0) is 9.53 Å². The maximum absolute atomic E-state index is 11.7. The Bertz CT molecular complexity index is 579. The molecule has 0 bridgehead atoms. The van der Waals surface area contributed by atoms with Crippen LogP contribution < -0.4 is 5.32 Å². The molecule has 0 saturated heterocycles. The number of ether oxygens (including phenoxy) is 1. The first-order valence-corrected chi connectivity index (χ1v) is 5.98. The van der Waals surface area contributed by atoms with E-state index >= 15 is 0 Å². The zero-order chi connectivity index (χ0) is 13.8.